The first-order valence-corrected chi connectivity index (χ1v) is 4.35. The molecular formula is C7H11ClF2N2O2. The summed E-state index contributed by atoms with van der Waals surface area (Å²) in [6.45, 7) is 1.80. The van der Waals surface area contributed by atoms with Crippen LogP contribution >= 0.6 is 11.6 Å². The van der Waals surface area contributed by atoms with Gasteiger partial charge < -0.3 is 5.32 Å². The van der Waals surface area contributed by atoms with Crippen molar-refractivity contribution >= 4 is 23.5 Å². The Bertz CT molecular complexity index is 230. The van der Waals surface area contributed by atoms with E-state index >= 15 is 0 Å². The van der Waals surface area contributed by atoms with E-state index in [1.54, 1.807) is 5.32 Å². The number of rotatable bonds is 3. The van der Waals surface area contributed by atoms with Crippen molar-refractivity contribution < 1.29 is 18.4 Å². The molecule has 0 saturated carbocycles. The Morgan fingerprint density at radius 1 is 1.50 bits per heavy atom. The molecule has 0 aromatic rings. The zero-order valence-electron chi connectivity index (χ0n) is 7.73. The molecule has 0 spiro atoms. The van der Waals surface area contributed by atoms with Crippen LogP contribution in [0.15, 0.2) is 0 Å². The van der Waals surface area contributed by atoms with E-state index in [1.807, 2.05) is 5.32 Å². The lowest BCUT2D eigenvalue weighted by atomic mass is 10.2. The number of alkyl halides is 3. The smallest absolute Gasteiger partial charge is 0.321 e. The molecule has 0 aliphatic heterocycles. The van der Waals surface area contributed by atoms with Crippen molar-refractivity contribution in [3.05, 3.63) is 0 Å². The summed E-state index contributed by atoms with van der Waals surface area (Å²) in [5, 5.41) is 3.68. The van der Waals surface area contributed by atoms with Gasteiger partial charge in [0.15, 0.2) is 0 Å². The fourth-order valence-corrected chi connectivity index (χ4v) is 0.586. The second-order valence-corrected chi connectivity index (χ2v) is 3.10. The third kappa shape index (κ3) is 4.96. The van der Waals surface area contributed by atoms with E-state index in [9.17, 15) is 18.4 Å². The van der Waals surface area contributed by atoms with Crippen LogP contribution in [0.1, 0.15) is 13.8 Å². The number of nitrogens with one attached hydrogen (secondary N) is 2. The molecule has 0 aromatic heterocycles. The molecule has 0 aliphatic rings. The zero-order valence-corrected chi connectivity index (χ0v) is 8.49. The number of hydrogen-bond acceptors (Lipinski definition) is 2. The quantitative estimate of drug-likeness (QED) is 0.711. The van der Waals surface area contributed by atoms with Crippen molar-refractivity contribution in [2.24, 2.45) is 0 Å². The van der Waals surface area contributed by atoms with Gasteiger partial charge in [0.05, 0.1) is 6.04 Å². The lowest BCUT2D eigenvalue weighted by molar-refractivity contribution is -0.117. The summed E-state index contributed by atoms with van der Waals surface area (Å²) in [6.07, 6.45) is 0. The average Bonchev–Trinajstić information content (AvgIpc) is 2.02. The number of halogens is 3. The van der Waals surface area contributed by atoms with Gasteiger partial charge in [-0.05, 0) is 6.92 Å². The third-order valence-corrected chi connectivity index (χ3v) is 1.73. The Morgan fingerprint density at radius 2 is 2.00 bits per heavy atom. The molecular weight excluding hydrogens is 218 g/mol. The molecule has 4 nitrogen and oxygen atoms in total. The average molecular weight is 229 g/mol. The van der Waals surface area contributed by atoms with Gasteiger partial charge in [-0.3, -0.25) is 10.1 Å². The standard InChI is InChI=1S/C7H11ClF2N2O2/c1-4(7(2,9)10)11-6(14)12-5(13)3-8/h4H,3H2,1-2H3,(H2,11,12,13,14). The maximum Gasteiger partial charge on any atom is 0.321 e. The van der Waals surface area contributed by atoms with E-state index < -0.39 is 29.8 Å². The second-order valence-electron chi connectivity index (χ2n) is 2.83. The summed E-state index contributed by atoms with van der Waals surface area (Å²) in [5.74, 6) is -4.18. The monoisotopic (exact) mass is 228 g/mol. The molecule has 0 bridgehead atoms. The van der Waals surface area contributed by atoms with E-state index in [4.69, 9.17) is 11.6 Å². The number of carbonyl (C=O) groups is 2. The second kappa shape index (κ2) is 5.09. The first-order valence-electron chi connectivity index (χ1n) is 3.81. The van der Waals surface area contributed by atoms with Gasteiger partial charge in [0.25, 0.3) is 5.92 Å². The Labute approximate surface area is 85.0 Å². The summed E-state index contributed by atoms with van der Waals surface area (Å²) >= 11 is 5.08. The van der Waals surface area contributed by atoms with Crippen LogP contribution in [-0.2, 0) is 4.79 Å². The van der Waals surface area contributed by atoms with Gasteiger partial charge in [-0.1, -0.05) is 0 Å². The lowest BCUT2D eigenvalue weighted by Crippen LogP contribution is -2.49. The number of hydrogen-bond donors (Lipinski definition) is 2. The van der Waals surface area contributed by atoms with E-state index in [0.29, 0.717) is 6.92 Å². The first kappa shape index (κ1) is 13.1. The Balaban J connectivity index is 4.01. The molecule has 0 aromatic carbocycles. The van der Waals surface area contributed by atoms with Crippen molar-refractivity contribution in [3.63, 3.8) is 0 Å². The topological polar surface area (TPSA) is 58.2 Å². The van der Waals surface area contributed by atoms with Crippen LogP contribution in [0.2, 0.25) is 0 Å². The van der Waals surface area contributed by atoms with Gasteiger partial charge in [-0.25, -0.2) is 13.6 Å². The van der Waals surface area contributed by atoms with E-state index in [-0.39, 0.29) is 0 Å². The van der Waals surface area contributed by atoms with Crippen LogP contribution in [0, 0.1) is 0 Å². The SMILES string of the molecule is CC(NC(=O)NC(=O)CCl)C(C)(F)F. The van der Waals surface area contributed by atoms with Gasteiger partial charge in [0.2, 0.25) is 5.91 Å². The molecule has 0 saturated heterocycles. The van der Waals surface area contributed by atoms with E-state index in [1.165, 1.54) is 0 Å². The Kier molecular flexibility index (Phi) is 4.76. The minimum absolute atomic E-state index is 0.398. The molecule has 0 aliphatic carbocycles. The van der Waals surface area contributed by atoms with Crippen molar-refractivity contribution in [1.29, 1.82) is 0 Å². The highest BCUT2D eigenvalue weighted by Gasteiger charge is 2.31. The third-order valence-electron chi connectivity index (χ3n) is 1.48. The van der Waals surface area contributed by atoms with Crippen LogP contribution in [0.4, 0.5) is 13.6 Å². The molecule has 0 rings (SSSR count). The molecule has 82 valence electrons. The number of carbonyl (C=O) groups excluding carboxylic acids is 2. The summed E-state index contributed by atoms with van der Waals surface area (Å²) < 4.78 is 25.1. The molecule has 7 heteroatoms. The first-order chi connectivity index (χ1) is 6.27. The van der Waals surface area contributed by atoms with E-state index in [2.05, 4.69) is 0 Å². The fraction of sp³-hybridized carbons (Fsp3) is 0.714. The number of amides is 3. The molecule has 0 heterocycles. The molecule has 1 unspecified atom stereocenters. The highest BCUT2D eigenvalue weighted by Crippen LogP contribution is 2.16. The van der Waals surface area contributed by atoms with E-state index in [0.717, 1.165) is 6.92 Å². The van der Waals surface area contributed by atoms with Crippen LogP contribution in [0.3, 0.4) is 0 Å². The van der Waals surface area contributed by atoms with Crippen LogP contribution in [-0.4, -0.2) is 29.8 Å². The van der Waals surface area contributed by atoms with Crippen molar-refractivity contribution in [2.75, 3.05) is 5.88 Å². The van der Waals surface area contributed by atoms with Gasteiger partial charge >= 0.3 is 6.03 Å². The Morgan fingerprint density at radius 3 is 2.36 bits per heavy atom. The van der Waals surface area contributed by atoms with Crippen LogP contribution in [0.25, 0.3) is 0 Å². The lowest BCUT2D eigenvalue weighted by Gasteiger charge is -2.20. The highest BCUT2D eigenvalue weighted by molar-refractivity contribution is 6.28. The molecule has 3 amide bonds. The molecule has 14 heavy (non-hydrogen) atoms. The minimum atomic E-state index is -3.04. The fourth-order valence-electron chi connectivity index (χ4n) is 0.519. The summed E-state index contributed by atoms with van der Waals surface area (Å²) in [4.78, 5) is 21.4. The van der Waals surface area contributed by atoms with Crippen LogP contribution < -0.4 is 10.6 Å². The van der Waals surface area contributed by atoms with Crippen molar-refractivity contribution in [2.45, 2.75) is 25.8 Å². The van der Waals surface area contributed by atoms with Crippen LogP contribution in [0.5, 0.6) is 0 Å². The molecule has 2 N–H and O–H groups in total. The van der Waals surface area contributed by atoms with Gasteiger partial charge in [0.1, 0.15) is 5.88 Å². The molecule has 1 atom stereocenters. The summed E-state index contributed by atoms with van der Waals surface area (Å²) in [7, 11) is 0. The summed E-state index contributed by atoms with van der Waals surface area (Å²) in [5.41, 5.74) is 0. The normalized spacial score (nSPS) is 13.2. The summed E-state index contributed by atoms with van der Waals surface area (Å²) in [6, 6.07) is -2.34. The predicted molar refractivity (Wildman–Crippen MR) is 47.5 cm³/mol. The largest absolute Gasteiger partial charge is 0.329 e. The maximum atomic E-state index is 12.5. The predicted octanol–water partition coefficient (Wildman–Crippen LogP) is 1.09. The van der Waals surface area contributed by atoms with Crippen molar-refractivity contribution in [1.82, 2.24) is 10.6 Å². The number of imide groups is 1. The van der Waals surface area contributed by atoms with Gasteiger partial charge in [0, 0.05) is 6.92 Å². The van der Waals surface area contributed by atoms with Crippen molar-refractivity contribution in [3.8, 4) is 0 Å². The minimum Gasteiger partial charge on any atom is -0.329 e. The highest BCUT2D eigenvalue weighted by atomic mass is 35.5. The maximum absolute atomic E-state index is 12.5. The zero-order chi connectivity index (χ0) is 11.4. The van der Waals surface area contributed by atoms with Gasteiger partial charge in [-0.15, -0.1) is 11.6 Å². The molecule has 0 fully saturated rings. The number of urea groups is 1. The molecule has 0 radical (unpaired) electrons. The van der Waals surface area contributed by atoms with Gasteiger partial charge in [-0.2, -0.15) is 0 Å². The Hall–Kier alpha value is -0.910.